The summed E-state index contributed by atoms with van der Waals surface area (Å²) >= 11 is 0. The van der Waals surface area contributed by atoms with Crippen molar-refractivity contribution in [2.45, 2.75) is 52.1 Å². The molecule has 0 saturated carbocycles. The van der Waals surface area contributed by atoms with Gasteiger partial charge in [-0.3, -0.25) is 20.2 Å². The first-order chi connectivity index (χ1) is 17.8. The number of fused-ring (bicyclic) bond motifs is 1. The smallest absolute Gasteiger partial charge is 0.411 e. The maximum Gasteiger partial charge on any atom is 0.411 e. The summed E-state index contributed by atoms with van der Waals surface area (Å²) in [4.78, 5) is 44.6. The number of imide groups is 1. The first-order valence-corrected chi connectivity index (χ1v) is 12.0. The van der Waals surface area contributed by atoms with Crippen molar-refractivity contribution in [3.05, 3.63) is 77.0 Å². The third-order valence-corrected chi connectivity index (χ3v) is 5.80. The first-order valence-electron chi connectivity index (χ1n) is 12.0. The second kappa shape index (κ2) is 10.1. The van der Waals surface area contributed by atoms with Gasteiger partial charge in [0.1, 0.15) is 5.60 Å². The lowest BCUT2D eigenvalue weighted by Crippen LogP contribution is -2.48. The number of aromatic nitrogens is 2. The molecular formula is C27H29FN6O4. The van der Waals surface area contributed by atoms with E-state index in [0.717, 1.165) is 11.8 Å². The first kappa shape index (κ1) is 26.5. The minimum atomic E-state index is -0.874. The van der Waals surface area contributed by atoms with Crippen LogP contribution in [-0.4, -0.2) is 33.5 Å². The molecule has 0 unspecified atom stereocenters. The van der Waals surface area contributed by atoms with Crippen molar-refractivity contribution < 1.29 is 23.5 Å². The highest BCUT2D eigenvalue weighted by molar-refractivity contribution is 6.13. The lowest BCUT2D eigenvalue weighted by atomic mass is 9.78. The van der Waals surface area contributed by atoms with Crippen molar-refractivity contribution in [3.8, 4) is 0 Å². The average molecular weight is 521 g/mol. The van der Waals surface area contributed by atoms with Crippen LogP contribution < -0.4 is 21.3 Å². The summed E-state index contributed by atoms with van der Waals surface area (Å²) in [6.07, 6.45) is 8.05. The predicted octanol–water partition coefficient (Wildman–Crippen LogP) is 4.57. The molecule has 0 radical (unpaired) electrons. The molecule has 1 aliphatic carbocycles. The van der Waals surface area contributed by atoms with Crippen LogP contribution in [0, 0.1) is 5.82 Å². The lowest BCUT2D eigenvalue weighted by molar-refractivity contribution is -0.125. The van der Waals surface area contributed by atoms with Crippen molar-refractivity contribution >= 4 is 35.4 Å². The van der Waals surface area contributed by atoms with E-state index in [4.69, 9.17) is 4.74 Å². The van der Waals surface area contributed by atoms with Gasteiger partial charge in [-0.1, -0.05) is 18.2 Å². The molecule has 4 N–H and O–H groups in total. The topological polar surface area (TPSA) is 134 Å². The van der Waals surface area contributed by atoms with Crippen LogP contribution in [0.4, 0.5) is 26.6 Å². The largest absolute Gasteiger partial charge is 0.444 e. The van der Waals surface area contributed by atoms with Crippen LogP contribution in [0.1, 0.15) is 57.0 Å². The van der Waals surface area contributed by atoms with Gasteiger partial charge in [-0.2, -0.15) is 4.98 Å². The van der Waals surface area contributed by atoms with Crippen LogP contribution in [0.5, 0.6) is 0 Å². The number of carbonyl (C=O) groups excluding carboxylic acids is 3. The van der Waals surface area contributed by atoms with E-state index in [1.54, 1.807) is 65.1 Å². The van der Waals surface area contributed by atoms with Crippen molar-refractivity contribution in [3.63, 3.8) is 0 Å². The minimum absolute atomic E-state index is 0.0865. The number of benzene rings is 1. The van der Waals surface area contributed by atoms with Crippen LogP contribution in [0.25, 0.3) is 0 Å². The third kappa shape index (κ3) is 6.05. The monoisotopic (exact) mass is 520 g/mol. The normalized spacial score (nSPS) is 17.3. The van der Waals surface area contributed by atoms with Gasteiger partial charge >= 0.3 is 6.09 Å². The molecular weight excluding hydrogens is 491 g/mol. The number of hydrogen-bond acceptors (Lipinski definition) is 8. The zero-order valence-electron chi connectivity index (χ0n) is 21.7. The summed E-state index contributed by atoms with van der Waals surface area (Å²) in [5.41, 5.74) is 1.43. The van der Waals surface area contributed by atoms with Crippen molar-refractivity contribution in [2.75, 3.05) is 10.6 Å². The van der Waals surface area contributed by atoms with E-state index in [-0.39, 0.29) is 17.7 Å². The highest BCUT2D eigenvalue weighted by Gasteiger charge is 2.39. The van der Waals surface area contributed by atoms with Gasteiger partial charge in [0.05, 0.1) is 11.6 Å². The Morgan fingerprint density at radius 1 is 1.18 bits per heavy atom. The fourth-order valence-electron chi connectivity index (χ4n) is 3.80. The van der Waals surface area contributed by atoms with Crippen molar-refractivity contribution in [2.24, 2.45) is 0 Å². The number of allylic oxidation sites excluding steroid dienone is 4. The SMILES string of the molecule is CC(C)(C)OC(=O)NC=C1C=CC(Nc2ncc(F)c(Nc3ccc4c(c3)C(=O)NC(=O)C4(C)C)n2)=CC1. The van der Waals surface area contributed by atoms with Crippen molar-refractivity contribution in [1.82, 2.24) is 20.6 Å². The molecule has 0 spiro atoms. The molecule has 38 heavy (non-hydrogen) atoms. The Balaban J connectivity index is 1.43. The Morgan fingerprint density at radius 3 is 2.63 bits per heavy atom. The van der Waals surface area contributed by atoms with E-state index in [2.05, 4.69) is 31.2 Å². The summed E-state index contributed by atoms with van der Waals surface area (Å²) in [6.45, 7) is 8.82. The Hall–Kier alpha value is -4.54. The number of rotatable bonds is 5. The molecule has 3 amide bonds. The summed E-state index contributed by atoms with van der Waals surface area (Å²) in [6, 6.07) is 4.89. The van der Waals surface area contributed by atoms with Crippen LogP contribution >= 0.6 is 0 Å². The van der Waals surface area contributed by atoms with Gasteiger partial charge in [0, 0.05) is 23.1 Å². The molecule has 2 heterocycles. The van der Waals surface area contributed by atoms with Gasteiger partial charge in [0.15, 0.2) is 11.6 Å². The van der Waals surface area contributed by atoms with Gasteiger partial charge in [-0.25, -0.2) is 14.2 Å². The number of halogens is 1. The van der Waals surface area contributed by atoms with Gasteiger partial charge in [-0.15, -0.1) is 0 Å². The predicted molar refractivity (Wildman–Crippen MR) is 140 cm³/mol. The Bertz CT molecular complexity index is 1400. The number of amides is 3. The maximum atomic E-state index is 14.5. The number of nitrogens with zero attached hydrogens (tertiary/aromatic N) is 2. The number of ether oxygens (including phenoxy) is 1. The number of alkyl carbamates (subject to hydrolysis) is 1. The zero-order chi connectivity index (χ0) is 27.7. The molecule has 1 aromatic carbocycles. The summed E-state index contributed by atoms with van der Waals surface area (Å²) < 4.78 is 19.7. The number of carbonyl (C=O) groups is 3. The standard InChI is InChI=1S/C27H29FN6O4/c1-26(2,3)38-25(37)30-13-15-6-8-16(9-7-15)32-24-29-14-20(28)21(33-24)31-17-10-11-19-18(12-17)22(35)34-23(36)27(19,4)5/h6,8-14H,7H2,1-5H3,(H,30,37)(H,34,35,36)(H2,29,31,32,33). The zero-order valence-corrected chi connectivity index (χ0v) is 21.7. The Labute approximate surface area is 219 Å². The highest BCUT2D eigenvalue weighted by atomic mass is 19.1. The molecule has 4 rings (SSSR count). The fourth-order valence-corrected chi connectivity index (χ4v) is 3.80. The number of nitrogens with one attached hydrogen (secondary N) is 4. The average Bonchev–Trinajstić information content (AvgIpc) is 2.83. The summed E-state index contributed by atoms with van der Waals surface area (Å²) in [5, 5.41) is 10.9. The van der Waals surface area contributed by atoms with Crippen molar-refractivity contribution in [1.29, 1.82) is 0 Å². The number of hydrogen-bond donors (Lipinski definition) is 4. The van der Waals surface area contributed by atoms with Crippen LogP contribution in [0.3, 0.4) is 0 Å². The quantitative estimate of drug-likeness (QED) is 0.421. The summed E-state index contributed by atoms with van der Waals surface area (Å²) in [7, 11) is 0. The fraction of sp³-hybridized carbons (Fsp3) is 0.296. The molecule has 10 nitrogen and oxygen atoms in total. The molecule has 11 heteroatoms. The molecule has 2 aliphatic rings. The molecule has 0 atom stereocenters. The molecule has 0 bridgehead atoms. The van der Waals surface area contributed by atoms with Gasteiger partial charge in [0.25, 0.3) is 5.91 Å². The van der Waals surface area contributed by atoms with Gasteiger partial charge in [-0.05, 0) is 70.4 Å². The van der Waals surface area contributed by atoms with E-state index in [9.17, 15) is 18.8 Å². The summed E-state index contributed by atoms with van der Waals surface area (Å²) in [5.74, 6) is -1.49. The maximum absolute atomic E-state index is 14.5. The van der Waals surface area contributed by atoms with Crippen LogP contribution in [-0.2, 0) is 14.9 Å². The van der Waals surface area contributed by atoms with Crippen LogP contribution in [0.15, 0.2) is 60.1 Å². The van der Waals surface area contributed by atoms with Gasteiger partial charge in [0.2, 0.25) is 11.9 Å². The lowest BCUT2D eigenvalue weighted by Gasteiger charge is -2.30. The second-order valence-corrected chi connectivity index (χ2v) is 10.4. The van der Waals surface area contributed by atoms with Crippen LogP contribution in [0.2, 0.25) is 0 Å². The number of anilines is 3. The second-order valence-electron chi connectivity index (χ2n) is 10.4. The molecule has 1 aliphatic heterocycles. The Kier molecular flexibility index (Phi) is 7.03. The van der Waals surface area contributed by atoms with Gasteiger partial charge < -0.3 is 15.4 Å². The molecule has 198 valence electrons. The van der Waals surface area contributed by atoms with E-state index >= 15 is 0 Å². The molecule has 0 saturated heterocycles. The minimum Gasteiger partial charge on any atom is -0.444 e. The van der Waals surface area contributed by atoms with E-state index in [0.29, 0.717) is 28.9 Å². The van der Waals surface area contributed by atoms with E-state index < -0.39 is 28.8 Å². The third-order valence-electron chi connectivity index (χ3n) is 5.80. The molecule has 2 aromatic rings. The highest BCUT2D eigenvalue weighted by Crippen LogP contribution is 2.33. The van der Waals surface area contributed by atoms with E-state index in [1.165, 1.54) is 0 Å². The molecule has 1 aromatic heterocycles. The Morgan fingerprint density at radius 2 is 1.95 bits per heavy atom. The molecule has 0 fully saturated rings. The van der Waals surface area contributed by atoms with E-state index in [1.807, 2.05) is 12.2 Å².